The lowest BCUT2D eigenvalue weighted by Gasteiger charge is -2.19. The summed E-state index contributed by atoms with van der Waals surface area (Å²) in [4.78, 5) is 23.2. The van der Waals surface area contributed by atoms with Gasteiger partial charge in [0.1, 0.15) is 0 Å². The van der Waals surface area contributed by atoms with Crippen molar-refractivity contribution in [2.75, 3.05) is 13.1 Å². The summed E-state index contributed by atoms with van der Waals surface area (Å²) in [5.74, 6) is -0.979. The minimum absolute atomic E-state index is 0.0632. The Balaban J connectivity index is 3.84. The minimum atomic E-state index is -0.916. The van der Waals surface area contributed by atoms with Crippen molar-refractivity contribution in [3.05, 3.63) is 0 Å². The largest absolute Gasteiger partial charge is 0.481 e. The maximum atomic E-state index is 11.3. The molecular formula is C9H17NO3. The van der Waals surface area contributed by atoms with Gasteiger partial charge in [-0.3, -0.25) is 9.59 Å². The lowest BCUT2D eigenvalue weighted by atomic mass is 10.2. The Bertz CT molecular complexity index is 180. The molecule has 0 aliphatic carbocycles. The van der Waals surface area contributed by atoms with Crippen molar-refractivity contribution in [1.29, 1.82) is 0 Å². The van der Waals surface area contributed by atoms with Gasteiger partial charge in [-0.05, 0) is 13.3 Å². The number of carboxylic acid groups (broad SMARTS) is 1. The van der Waals surface area contributed by atoms with Gasteiger partial charge in [-0.25, -0.2) is 0 Å². The highest BCUT2D eigenvalue weighted by Gasteiger charge is 2.11. The summed E-state index contributed by atoms with van der Waals surface area (Å²) in [5.41, 5.74) is 0. The molecule has 0 rings (SSSR count). The topological polar surface area (TPSA) is 57.6 Å². The van der Waals surface area contributed by atoms with Crippen LogP contribution in [-0.4, -0.2) is 35.0 Å². The van der Waals surface area contributed by atoms with E-state index >= 15 is 0 Å². The zero-order chi connectivity index (χ0) is 10.3. The summed E-state index contributed by atoms with van der Waals surface area (Å²) < 4.78 is 0. The predicted octanol–water partition coefficient (Wildman–Crippen LogP) is 1.11. The highest BCUT2D eigenvalue weighted by Crippen LogP contribution is 1.99. The van der Waals surface area contributed by atoms with Gasteiger partial charge in [-0.2, -0.15) is 0 Å². The molecule has 0 fully saturated rings. The molecule has 0 aromatic carbocycles. The minimum Gasteiger partial charge on any atom is -0.481 e. The highest BCUT2D eigenvalue weighted by atomic mass is 16.4. The average molecular weight is 187 g/mol. The first-order chi connectivity index (χ1) is 6.11. The van der Waals surface area contributed by atoms with Crippen LogP contribution in [0.2, 0.25) is 0 Å². The predicted molar refractivity (Wildman–Crippen MR) is 49.4 cm³/mol. The first-order valence-corrected chi connectivity index (χ1v) is 4.61. The fourth-order valence-corrected chi connectivity index (χ4v) is 1.10. The Morgan fingerprint density at radius 2 is 1.85 bits per heavy atom. The fraction of sp³-hybridized carbons (Fsp3) is 0.778. The number of amides is 1. The van der Waals surface area contributed by atoms with Gasteiger partial charge >= 0.3 is 5.97 Å². The summed E-state index contributed by atoms with van der Waals surface area (Å²) in [6.45, 7) is 5.27. The molecule has 0 saturated heterocycles. The van der Waals surface area contributed by atoms with Crippen molar-refractivity contribution in [1.82, 2.24) is 4.90 Å². The van der Waals surface area contributed by atoms with Crippen LogP contribution < -0.4 is 0 Å². The molecule has 0 atom stereocenters. The molecule has 0 spiro atoms. The number of aliphatic carboxylic acids is 1. The molecule has 4 heteroatoms. The van der Waals surface area contributed by atoms with Crippen LogP contribution >= 0.6 is 0 Å². The van der Waals surface area contributed by atoms with E-state index in [1.54, 1.807) is 4.90 Å². The van der Waals surface area contributed by atoms with Gasteiger partial charge in [0.25, 0.3) is 0 Å². The third-order valence-corrected chi connectivity index (χ3v) is 1.78. The molecule has 0 bridgehead atoms. The molecular weight excluding hydrogens is 170 g/mol. The zero-order valence-corrected chi connectivity index (χ0v) is 8.25. The molecule has 0 unspecified atom stereocenters. The van der Waals surface area contributed by atoms with Crippen molar-refractivity contribution in [3.63, 3.8) is 0 Å². The van der Waals surface area contributed by atoms with Crippen molar-refractivity contribution in [2.45, 2.75) is 33.1 Å². The summed E-state index contributed by atoms with van der Waals surface area (Å²) in [6.07, 6.45) is 0.953. The van der Waals surface area contributed by atoms with E-state index < -0.39 is 5.97 Å². The van der Waals surface area contributed by atoms with Crippen LogP contribution in [0.25, 0.3) is 0 Å². The Kier molecular flexibility index (Phi) is 5.93. The Hall–Kier alpha value is -1.06. The standard InChI is InChI=1S/C9H17NO3/c1-3-7-10(4-2)8(11)5-6-9(12)13/h3-7H2,1-2H3,(H,12,13). The number of carbonyl (C=O) groups is 2. The SMILES string of the molecule is CCCN(CC)C(=O)CCC(=O)O. The van der Waals surface area contributed by atoms with E-state index in [0.29, 0.717) is 6.54 Å². The van der Waals surface area contributed by atoms with Crippen LogP contribution in [0.15, 0.2) is 0 Å². The smallest absolute Gasteiger partial charge is 0.303 e. The van der Waals surface area contributed by atoms with Gasteiger partial charge in [-0.1, -0.05) is 6.92 Å². The molecule has 13 heavy (non-hydrogen) atoms. The van der Waals surface area contributed by atoms with Crippen LogP contribution in [0.1, 0.15) is 33.1 Å². The maximum Gasteiger partial charge on any atom is 0.303 e. The van der Waals surface area contributed by atoms with E-state index in [1.807, 2.05) is 13.8 Å². The highest BCUT2D eigenvalue weighted by molar-refractivity contribution is 5.80. The van der Waals surface area contributed by atoms with Gasteiger partial charge in [0.2, 0.25) is 5.91 Å². The maximum absolute atomic E-state index is 11.3. The number of nitrogens with zero attached hydrogens (tertiary/aromatic N) is 1. The number of rotatable bonds is 6. The van der Waals surface area contributed by atoms with Crippen molar-refractivity contribution in [3.8, 4) is 0 Å². The number of carbonyl (C=O) groups excluding carboxylic acids is 1. The van der Waals surface area contributed by atoms with Crippen LogP contribution in [0, 0.1) is 0 Å². The van der Waals surface area contributed by atoms with Crippen LogP contribution in [0.4, 0.5) is 0 Å². The van der Waals surface area contributed by atoms with E-state index in [-0.39, 0.29) is 18.7 Å². The summed E-state index contributed by atoms with van der Waals surface area (Å²) in [6, 6.07) is 0. The van der Waals surface area contributed by atoms with Crippen molar-refractivity contribution < 1.29 is 14.7 Å². The second kappa shape index (κ2) is 6.46. The Morgan fingerprint density at radius 3 is 2.23 bits per heavy atom. The van der Waals surface area contributed by atoms with E-state index in [2.05, 4.69) is 0 Å². The third-order valence-electron chi connectivity index (χ3n) is 1.78. The molecule has 0 aliphatic rings. The fourth-order valence-electron chi connectivity index (χ4n) is 1.10. The van der Waals surface area contributed by atoms with Crippen LogP contribution in [0.3, 0.4) is 0 Å². The molecule has 1 N–H and O–H groups in total. The van der Waals surface area contributed by atoms with Gasteiger partial charge in [0.15, 0.2) is 0 Å². The van der Waals surface area contributed by atoms with E-state index in [9.17, 15) is 9.59 Å². The summed E-state index contributed by atoms with van der Waals surface area (Å²) in [5, 5.41) is 8.38. The van der Waals surface area contributed by atoms with Gasteiger partial charge in [0, 0.05) is 19.5 Å². The second-order valence-corrected chi connectivity index (χ2v) is 2.87. The molecule has 0 aliphatic heterocycles. The summed E-state index contributed by atoms with van der Waals surface area (Å²) in [7, 11) is 0. The monoisotopic (exact) mass is 187 g/mol. The van der Waals surface area contributed by atoms with E-state index in [4.69, 9.17) is 5.11 Å². The molecule has 1 amide bonds. The molecule has 0 radical (unpaired) electrons. The van der Waals surface area contributed by atoms with Crippen molar-refractivity contribution >= 4 is 11.9 Å². The first-order valence-electron chi connectivity index (χ1n) is 4.61. The molecule has 0 aromatic heterocycles. The quantitative estimate of drug-likeness (QED) is 0.677. The molecule has 0 saturated carbocycles. The number of hydrogen-bond acceptors (Lipinski definition) is 2. The average Bonchev–Trinajstić information content (AvgIpc) is 2.10. The van der Waals surface area contributed by atoms with Gasteiger partial charge < -0.3 is 10.0 Å². The summed E-state index contributed by atoms with van der Waals surface area (Å²) >= 11 is 0. The zero-order valence-electron chi connectivity index (χ0n) is 8.25. The normalized spacial score (nSPS) is 9.69. The molecule has 4 nitrogen and oxygen atoms in total. The molecule has 76 valence electrons. The molecule has 0 heterocycles. The third kappa shape index (κ3) is 5.22. The van der Waals surface area contributed by atoms with E-state index in [1.165, 1.54) is 0 Å². The van der Waals surface area contributed by atoms with Crippen LogP contribution in [-0.2, 0) is 9.59 Å². The molecule has 0 aromatic rings. The number of carboxylic acids is 1. The van der Waals surface area contributed by atoms with E-state index in [0.717, 1.165) is 13.0 Å². The lowest BCUT2D eigenvalue weighted by Crippen LogP contribution is -2.31. The van der Waals surface area contributed by atoms with Gasteiger partial charge in [-0.15, -0.1) is 0 Å². The first kappa shape index (κ1) is 11.9. The van der Waals surface area contributed by atoms with Crippen molar-refractivity contribution in [2.24, 2.45) is 0 Å². The Labute approximate surface area is 78.5 Å². The van der Waals surface area contributed by atoms with Crippen LogP contribution in [0.5, 0.6) is 0 Å². The number of hydrogen-bond donors (Lipinski definition) is 1. The second-order valence-electron chi connectivity index (χ2n) is 2.87. The Morgan fingerprint density at radius 1 is 1.23 bits per heavy atom. The lowest BCUT2D eigenvalue weighted by molar-refractivity contribution is -0.140. The van der Waals surface area contributed by atoms with Gasteiger partial charge in [0.05, 0.1) is 6.42 Å².